The number of amides is 2. The van der Waals surface area contributed by atoms with Crippen LogP contribution in [0.4, 0.5) is 0 Å². The molecule has 120 valence electrons. The Kier molecular flexibility index (Phi) is 4.49. The van der Waals surface area contributed by atoms with Crippen LogP contribution in [-0.2, 0) is 4.79 Å². The second kappa shape index (κ2) is 6.38. The SMILES string of the molecule is CNC(=O)CN1CCCC12CCN(C(=O)c1ccsc1)CC2. The van der Waals surface area contributed by atoms with Gasteiger partial charge in [-0.05, 0) is 43.7 Å². The summed E-state index contributed by atoms with van der Waals surface area (Å²) in [6, 6.07) is 1.89. The van der Waals surface area contributed by atoms with Gasteiger partial charge >= 0.3 is 0 Å². The molecule has 1 spiro atoms. The topological polar surface area (TPSA) is 52.7 Å². The van der Waals surface area contributed by atoms with E-state index < -0.39 is 0 Å². The summed E-state index contributed by atoms with van der Waals surface area (Å²) in [4.78, 5) is 28.4. The Morgan fingerprint density at radius 3 is 2.68 bits per heavy atom. The van der Waals surface area contributed by atoms with Crippen molar-refractivity contribution in [3.63, 3.8) is 0 Å². The van der Waals surface area contributed by atoms with E-state index in [2.05, 4.69) is 10.2 Å². The Hall–Kier alpha value is -1.40. The third kappa shape index (κ3) is 2.90. The zero-order chi connectivity index (χ0) is 15.6. The molecule has 0 radical (unpaired) electrons. The Morgan fingerprint density at radius 1 is 1.27 bits per heavy atom. The lowest BCUT2D eigenvalue weighted by atomic mass is 9.84. The van der Waals surface area contributed by atoms with E-state index in [-0.39, 0.29) is 17.4 Å². The lowest BCUT2D eigenvalue weighted by Gasteiger charge is -2.44. The van der Waals surface area contributed by atoms with Crippen molar-refractivity contribution >= 4 is 23.2 Å². The van der Waals surface area contributed by atoms with Crippen molar-refractivity contribution in [2.45, 2.75) is 31.2 Å². The number of hydrogen-bond donors (Lipinski definition) is 1. The van der Waals surface area contributed by atoms with E-state index in [1.807, 2.05) is 21.7 Å². The number of hydrogen-bond acceptors (Lipinski definition) is 4. The molecule has 0 atom stereocenters. The van der Waals surface area contributed by atoms with Crippen LogP contribution in [0.1, 0.15) is 36.0 Å². The highest BCUT2D eigenvalue weighted by Crippen LogP contribution is 2.38. The van der Waals surface area contributed by atoms with Crippen LogP contribution < -0.4 is 5.32 Å². The van der Waals surface area contributed by atoms with Crippen LogP contribution in [0.2, 0.25) is 0 Å². The first kappa shape index (κ1) is 15.5. The minimum atomic E-state index is 0.0815. The molecule has 0 saturated carbocycles. The van der Waals surface area contributed by atoms with E-state index in [9.17, 15) is 9.59 Å². The van der Waals surface area contributed by atoms with Crippen LogP contribution in [0, 0.1) is 0 Å². The number of nitrogens with one attached hydrogen (secondary N) is 1. The number of piperidine rings is 1. The van der Waals surface area contributed by atoms with Crippen molar-refractivity contribution in [2.24, 2.45) is 0 Å². The smallest absolute Gasteiger partial charge is 0.254 e. The van der Waals surface area contributed by atoms with Gasteiger partial charge in [0.1, 0.15) is 0 Å². The maximum atomic E-state index is 12.4. The van der Waals surface area contributed by atoms with Crippen LogP contribution >= 0.6 is 11.3 Å². The van der Waals surface area contributed by atoms with Gasteiger partial charge in [-0.15, -0.1) is 0 Å². The Labute approximate surface area is 135 Å². The Balaban J connectivity index is 1.62. The molecule has 22 heavy (non-hydrogen) atoms. The maximum absolute atomic E-state index is 12.4. The largest absolute Gasteiger partial charge is 0.358 e. The van der Waals surface area contributed by atoms with Crippen LogP contribution in [0.25, 0.3) is 0 Å². The fraction of sp³-hybridized carbons (Fsp3) is 0.625. The van der Waals surface area contributed by atoms with E-state index in [1.54, 1.807) is 18.4 Å². The van der Waals surface area contributed by atoms with Gasteiger partial charge in [0.05, 0.1) is 12.1 Å². The highest BCUT2D eigenvalue weighted by atomic mass is 32.1. The average Bonchev–Trinajstić information content (AvgIpc) is 3.19. The van der Waals surface area contributed by atoms with E-state index in [4.69, 9.17) is 0 Å². The average molecular weight is 321 g/mol. The molecule has 2 aliphatic rings. The number of nitrogens with zero attached hydrogens (tertiary/aromatic N) is 2. The second-order valence-corrected chi connectivity index (χ2v) is 7.01. The molecule has 0 aromatic carbocycles. The van der Waals surface area contributed by atoms with Gasteiger partial charge in [0.15, 0.2) is 0 Å². The maximum Gasteiger partial charge on any atom is 0.254 e. The standard InChI is InChI=1S/C16H23N3O2S/c1-17-14(20)11-19-7-2-4-16(19)5-8-18(9-6-16)15(21)13-3-10-22-12-13/h3,10,12H,2,4-9,11H2,1H3,(H,17,20). The third-order valence-corrected chi connectivity index (χ3v) is 5.79. The molecule has 0 bridgehead atoms. The molecule has 2 amide bonds. The van der Waals surface area contributed by atoms with Crippen LogP contribution in [0.15, 0.2) is 16.8 Å². The highest BCUT2D eigenvalue weighted by molar-refractivity contribution is 7.08. The molecule has 0 unspecified atom stereocenters. The van der Waals surface area contributed by atoms with Gasteiger partial charge in [0, 0.05) is 31.1 Å². The first-order valence-corrected chi connectivity index (χ1v) is 8.86. The minimum Gasteiger partial charge on any atom is -0.358 e. The van der Waals surface area contributed by atoms with Crippen molar-refractivity contribution in [3.8, 4) is 0 Å². The second-order valence-electron chi connectivity index (χ2n) is 6.23. The van der Waals surface area contributed by atoms with Crippen molar-refractivity contribution in [2.75, 3.05) is 33.2 Å². The van der Waals surface area contributed by atoms with Crippen molar-refractivity contribution in [1.29, 1.82) is 0 Å². The minimum absolute atomic E-state index is 0.0815. The number of thiophene rings is 1. The molecular formula is C16H23N3O2S. The van der Waals surface area contributed by atoms with E-state index >= 15 is 0 Å². The summed E-state index contributed by atoms with van der Waals surface area (Å²) >= 11 is 1.56. The molecule has 0 aliphatic carbocycles. The van der Waals surface area contributed by atoms with Crippen LogP contribution in [0.3, 0.4) is 0 Å². The molecule has 5 nitrogen and oxygen atoms in total. The lowest BCUT2D eigenvalue weighted by molar-refractivity contribution is -0.123. The lowest BCUT2D eigenvalue weighted by Crippen LogP contribution is -2.55. The molecule has 2 saturated heterocycles. The molecular weight excluding hydrogens is 298 g/mol. The Bertz CT molecular complexity index is 536. The van der Waals surface area contributed by atoms with Gasteiger partial charge in [-0.1, -0.05) is 0 Å². The molecule has 1 aromatic rings. The first-order chi connectivity index (χ1) is 10.6. The zero-order valence-electron chi connectivity index (χ0n) is 13.0. The van der Waals surface area contributed by atoms with E-state index in [1.165, 1.54) is 0 Å². The van der Waals surface area contributed by atoms with Crippen LogP contribution in [-0.4, -0.2) is 60.4 Å². The first-order valence-electron chi connectivity index (χ1n) is 7.92. The molecule has 6 heteroatoms. The summed E-state index contributed by atoms with van der Waals surface area (Å²) in [5, 5.41) is 6.58. The van der Waals surface area contributed by atoms with Crippen molar-refractivity contribution in [1.82, 2.24) is 15.1 Å². The van der Waals surface area contributed by atoms with Crippen molar-refractivity contribution in [3.05, 3.63) is 22.4 Å². The van der Waals surface area contributed by atoms with Gasteiger partial charge in [-0.3, -0.25) is 14.5 Å². The molecule has 1 N–H and O–H groups in total. The van der Waals surface area contributed by atoms with E-state index in [0.717, 1.165) is 50.9 Å². The molecule has 2 fully saturated rings. The van der Waals surface area contributed by atoms with Gasteiger partial charge in [0.25, 0.3) is 5.91 Å². The monoisotopic (exact) mass is 321 g/mol. The fourth-order valence-corrected chi connectivity index (χ4v) is 4.38. The summed E-state index contributed by atoms with van der Waals surface area (Å²) in [7, 11) is 1.69. The number of rotatable bonds is 3. The summed E-state index contributed by atoms with van der Waals surface area (Å²) in [5.41, 5.74) is 0.923. The molecule has 2 aliphatic heterocycles. The van der Waals surface area contributed by atoms with Crippen LogP contribution in [0.5, 0.6) is 0 Å². The summed E-state index contributed by atoms with van der Waals surface area (Å²) in [6.07, 6.45) is 4.24. The van der Waals surface area contributed by atoms with Gasteiger partial charge < -0.3 is 10.2 Å². The Morgan fingerprint density at radius 2 is 2.05 bits per heavy atom. The van der Waals surface area contributed by atoms with Crippen molar-refractivity contribution < 1.29 is 9.59 Å². The number of carbonyl (C=O) groups is 2. The highest BCUT2D eigenvalue weighted by Gasteiger charge is 2.44. The third-order valence-electron chi connectivity index (χ3n) is 5.10. The molecule has 3 heterocycles. The molecule has 3 rings (SSSR count). The summed E-state index contributed by atoms with van der Waals surface area (Å²) < 4.78 is 0. The van der Waals surface area contributed by atoms with E-state index in [0.29, 0.717) is 6.54 Å². The van der Waals surface area contributed by atoms with Gasteiger partial charge in [-0.25, -0.2) is 0 Å². The zero-order valence-corrected chi connectivity index (χ0v) is 13.8. The number of likely N-dealkylation sites (tertiary alicyclic amines) is 2. The summed E-state index contributed by atoms with van der Waals surface area (Å²) in [6.45, 7) is 3.05. The fourth-order valence-electron chi connectivity index (χ4n) is 3.75. The number of likely N-dealkylation sites (N-methyl/N-ethyl adjacent to an activating group) is 1. The predicted molar refractivity (Wildman–Crippen MR) is 87.1 cm³/mol. The summed E-state index contributed by atoms with van der Waals surface area (Å²) in [5.74, 6) is 0.227. The van der Waals surface area contributed by atoms with Gasteiger partial charge in [-0.2, -0.15) is 11.3 Å². The van der Waals surface area contributed by atoms with Gasteiger partial charge in [0.2, 0.25) is 5.91 Å². The normalized spacial score (nSPS) is 21.2. The quantitative estimate of drug-likeness (QED) is 0.919. The molecule has 1 aromatic heterocycles. The predicted octanol–water partition coefficient (Wildman–Crippen LogP) is 1.56. The number of carbonyl (C=O) groups excluding carboxylic acids is 2.